The van der Waals surface area contributed by atoms with Crippen LogP contribution in [0.3, 0.4) is 0 Å². The first-order chi connectivity index (χ1) is 7.56. The summed E-state index contributed by atoms with van der Waals surface area (Å²) >= 11 is 5.53. The van der Waals surface area contributed by atoms with E-state index in [1.807, 2.05) is 6.20 Å². The van der Waals surface area contributed by atoms with Gasteiger partial charge in [0.05, 0.1) is 0 Å². The summed E-state index contributed by atoms with van der Waals surface area (Å²) in [5, 5.41) is 1.38. The Bertz CT molecular complexity index is 373. The summed E-state index contributed by atoms with van der Waals surface area (Å²) in [6.07, 6.45) is 1.89. The first-order valence-corrected chi connectivity index (χ1v) is 7.32. The highest BCUT2D eigenvalue weighted by atomic mass is 79.9. The number of anilines is 1. The van der Waals surface area contributed by atoms with Crippen LogP contribution in [0.25, 0.3) is 0 Å². The average Bonchev–Trinajstić information content (AvgIpc) is 2.15. The molecule has 2 unspecified atom stereocenters. The quantitative estimate of drug-likeness (QED) is 0.790. The highest BCUT2D eigenvalue weighted by molar-refractivity contribution is 9.10. The molecule has 2 rings (SSSR count). The van der Waals surface area contributed by atoms with E-state index in [0.29, 0.717) is 10.5 Å². The van der Waals surface area contributed by atoms with Crippen LogP contribution >= 0.6 is 27.7 Å². The van der Waals surface area contributed by atoms with Gasteiger partial charge < -0.3 is 4.90 Å². The Kier molecular flexibility index (Phi) is 3.80. The fourth-order valence-electron chi connectivity index (χ4n) is 2.22. The maximum absolute atomic E-state index is 4.54. The van der Waals surface area contributed by atoms with Crippen LogP contribution in [-0.4, -0.2) is 28.6 Å². The van der Waals surface area contributed by atoms with Gasteiger partial charge in [0.2, 0.25) is 0 Å². The molecule has 0 radical (unpaired) electrons. The number of nitrogens with zero attached hydrogens (tertiary/aromatic N) is 2. The lowest BCUT2D eigenvalue weighted by molar-refractivity contribution is 0.716. The molecule has 0 spiro atoms. The van der Waals surface area contributed by atoms with E-state index in [4.69, 9.17) is 0 Å². The lowest BCUT2D eigenvalue weighted by atomic mass is 10.2. The highest BCUT2D eigenvalue weighted by Gasteiger charge is 2.23. The van der Waals surface area contributed by atoms with Gasteiger partial charge in [-0.3, -0.25) is 0 Å². The molecule has 0 aromatic carbocycles. The second kappa shape index (κ2) is 4.96. The molecule has 0 amide bonds. The molecule has 2 nitrogen and oxygen atoms in total. The van der Waals surface area contributed by atoms with Crippen LogP contribution in [0.4, 0.5) is 5.82 Å². The molecule has 2 heterocycles. The third-order valence-corrected chi connectivity index (χ3v) is 4.40. The second-order valence-electron chi connectivity index (χ2n) is 4.46. The van der Waals surface area contributed by atoms with Crippen molar-refractivity contribution in [3.63, 3.8) is 0 Å². The molecule has 1 saturated heterocycles. The Morgan fingerprint density at radius 2 is 2.00 bits per heavy atom. The molecule has 2 atom stereocenters. The van der Waals surface area contributed by atoms with Crippen LogP contribution in [0.5, 0.6) is 0 Å². The van der Waals surface area contributed by atoms with Gasteiger partial charge in [0.25, 0.3) is 0 Å². The number of halogens is 1. The zero-order chi connectivity index (χ0) is 11.7. The summed E-state index contributed by atoms with van der Waals surface area (Å²) in [6.45, 7) is 8.92. The third kappa shape index (κ3) is 2.72. The summed E-state index contributed by atoms with van der Waals surface area (Å²) < 4.78 is 1.06. The van der Waals surface area contributed by atoms with Crippen LogP contribution in [0.2, 0.25) is 0 Å². The molecule has 1 aliphatic rings. The highest BCUT2D eigenvalue weighted by Crippen LogP contribution is 2.29. The van der Waals surface area contributed by atoms with Gasteiger partial charge in [-0.1, -0.05) is 13.8 Å². The van der Waals surface area contributed by atoms with E-state index >= 15 is 0 Å². The van der Waals surface area contributed by atoms with Crippen molar-refractivity contribution in [1.29, 1.82) is 0 Å². The van der Waals surface area contributed by atoms with Gasteiger partial charge in [0, 0.05) is 34.3 Å². The molecule has 0 saturated carbocycles. The summed E-state index contributed by atoms with van der Waals surface area (Å²) in [7, 11) is 0. The predicted octanol–water partition coefficient (Wildman–Crippen LogP) is 3.48. The van der Waals surface area contributed by atoms with Crippen molar-refractivity contribution in [2.24, 2.45) is 0 Å². The van der Waals surface area contributed by atoms with Crippen molar-refractivity contribution < 1.29 is 0 Å². The topological polar surface area (TPSA) is 16.1 Å². The maximum Gasteiger partial charge on any atom is 0.131 e. The monoisotopic (exact) mass is 300 g/mol. The Labute approximate surface area is 110 Å². The number of aryl methyl sites for hydroxylation is 1. The molecule has 4 heteroatoms. The molecule has 1 aromatic rings. The maximum atomic E-state index is 4.54. The largest absolute Gasteiger partial charge is 0.354 e. The Morgan fingerprint density at radius 1 is 1.38 bits per heavy atom. The molecule has 1 aromatic heterocycles. The molecule has 1 fully saturated rings. The van der Waals surface area contributed by atoms with E-state index in [9.17, 15) is 0 Å². The fraction of sp³-hybridized carbons (Fsp3) is 0.583. The second-order valence-corrected chi connectivity index (χ2v) is 7.25. The zero-order valence-electron chi connectivity index (χ0n) is 9.90. The van der Waals surface area contributed by atoms with Crippen LogP contribution in [0.1, 0.15) is 19.4 Å². The van der Waals surface area contributed by atoms with Crippen LogP contribution in [0, 0.1) is 6.92 Å². The van der Waals surface area contributed by atoms with Crippen molar-refractivity contribution in [2.75, 3.05) is 18.0 Å². The van der Waals surface area contributed by atoms with Crippen LogP contribution in [-0.2, 0) is 0 Å². The molecule has 0 bridgehead atoms. The molecule has 1 aliphatic heterocycles. The summed E-state index contributed by atoms with van der Waals surface area (Å²) in [5.74, 6) is 1.14. The lowest BCUT2D eigenvalue weighted by Gasteiger charge is -2.36. The van der Waals surface area contributed by atoms with Crippen LogP contribution in [0.15, 0.2) is 16.7 Å². The van der Waals surface area contributed by atoms with E-state index in [2.05, 4.69) is 64.4 Å². The molecule has 0 aliphatic carbocycles. The minimum atomic E-state index is 0.689. The Hall–Kier alpha value is -0.220. The van der Waals surface area contributed by atoms with E-state index in [0.717, 1.165) is 23.4 Å². The van der Waals surface area contributed by atoms with Crippen LogP contribution < -0.4 is 4.90 Å². The average molecular weight is 301 g/mol. The van der Waals surface area contributed by atoms with Crippen molar-refractivity contribution in [2.45, 2.75) is 31.3 Å². The number of hydrogen-bond donors (Lipinski definition) is 0. The summed E-state index contributed by atoms with van der Waals surface area (Å²) in [4.78, 5) is 6.95. The van der Waals surface area contributed by atoms with E-state index in [1.165, 1.54) is 5.56 Å². The van der Waals surface area contributed by atoms with Gasteiger partial charge >= 0.3 is 0 Å². The molecule has 16 heavy (non-hydrogen) atoms. The first kappa shape index (κ1) is 12.2. The normalized spacial score (nSPS) is 25.9. The fourth-order valence-corrected chi connectivity index (χ4v) is 3.99. The summed E-state index contributed by atoms with van der Waals surface area (Å²) in [5.41, 5.74) is 1.25. The molecule has 0 N–H and O–H groups in total. The zero-order valence-corrected chi connectivity index (χ0v) is 12.3. The van der Waals surface area contributed by atoms with Gasteiger partial charge in [-0.2, -0.15) is 11.8 Å². The summed E-state index contributed by atoms with van der Waals surface area (Å²) in [6, 6.07) is 2.14. The lowest BCUT2D eigenvalue weighted by Crippen LogP contribution is -2.41. The van der Waals surface area contributed by atoms with Crippen molar-refractivity contribution >= 4 is 33.5 Å². The number of aromatic nitrogens is 1. The van der Waals surface area contributed by atoms with Gasteiger partial charge in [0.1, 0.15) is 5.82 Å². The predicted molar refractivity (Wildman–Crippen MR) is 75.4 cm³/mol. The number of hydrogen-bond acceptors (Lipinski definition) is 3. The van der Waals surface area contributed by atoms with Gasteiger partial charge in [-0.05, 0) is 34.5 Å². The smallest absolute Gasteiger partial charge is 0.131 e. The standard InChI is InChI=1S/C12H17BrN2S/c1-8-4-11(13)5-14-12(8)15-6-9(2)16-10(3)7-15/h4-5,9-10H,6-7H2,1-3H3. The van der Waals surface area contributed by atoms with E-state index < -0.39 is 0 Å². The Morgan fingerprint density at radius 3 is 2.56 bits per heavy atom. The Balaban J connectivity index is 2.23. The molecular weight excluding hydrogens is 284 g/mol. The number of rotatable bonds is 1. The minimum Gasteiger partial charge on any atom is -0.354 e. The molecule has 88 valence electrons. The number of thioether (sulfide) groups is 1. The van der Waals surface area contributed by atoms with E-state index in [1.54, 1.807) is 0 Å². The van der Waals surface area contributed by atoms with Crippen molar-refractivity contribution in [3.05, 3.63) is 22.3 Å². The van der Waals surface area contributed by atoms with Crippen molar-refractivity contribution in [3.8, 4) is 0 Å². The van der Waals surface area contributed by atoms with Gasteiger partial charge in [-0.15, -0.1) is 0 Å². The minimum absolute atomic E-state index is 0.689. The SMILES string of the molecule is Cc1cc(Br)cnc1N1CC(C)SC(C)C1. The van der Waals surface area contributed by atoms with Gasteiger partial charge in [-0.25, -0.2) is 4.98 Å². The third-order valence-electron chi connectivity index (χ3n) is 2.74. The molecular formula is C12H17BrN2S. The van der Waals surface area contributed by atoms with E-state index in [-0.39, 0.29) is 0 Å². The van der Waals surface area contributed by atoms with Gasteiger partial charge in [0.15, 0.2) is 0 Å². The first-order valence-electron chi connectivity index (χ1n) is 5.59. The van der Waals surface area contributed by atoms with Crippen molar-refractivity contribution in [1.82, 2.24) is 4.98 Å². The number of pyridine rings is 1.